The van der Waals surface area contributed by atoms with Crippen LogP contribution in [-0.4, -0.2) is 26.2 Å². The minimum absolute atomic E-state index is 0.00948. The first-order chi connectivity index (χ1) is 8.22. The average molecular weight is 275 g/mol. The van der Waals surface area contributed by atoms with Crippen molar-refractivity contribution < 1.29 is 4.74 Å². The number of hydrogen-bond acceptors (Lipinski definition) is 3. The highest BCUT2D eigenvalue weighted by molar-refractivity contribution is 6.42. The van der Waals surface area contributed by atoms with Crippen molar-refractivity contribution in [2.75, 3.05) is 26.2 Å². The molecule has 0 aliphatic carbocycles. The molecule has 1 saturated heterocycles. The van der Waals surface area contributed by atoms with Gasteiger partial charge in [0.25, 0.3) is 0 Å². The molecule has 1 aromatic carbocycles. The molecule has 1 fully saturated rings. The van der Waals surface area contributed by atoms with Crippen LogP contribution in [-0.2, 0) is 4.74 Å². The van der Waals surface area contributed by atoms with Crippen molar-refractivity contribution >= 4 is 23.2 Å². The molecule has 1 heterocycles. The summed E-state index contributed by atoms with van der Waals surface area (Å²) in [4.78, 5) is 0. The molecule has 1 aliphatic rings. The van der Waals surface area contributed by atoms with Crippen molar-refractivity contribution in [3.8, 4) is 0 Å². The van der Waals surface area contributed by atoms with Crippen LogP contribution < -0.4 is 11.1 Å². The van der Waals surface area contributed by atoms with E-state index in [1.165, 1.54) is 0 Å². The first-order valence-electron chi connectivity index (χ1n) is 5.69. The van der Waals surface area contributed by atoms with E-state index in [9.17, 15) is 0 Å². The average Bonchev–Trinajstić information content (AvgIpc) is 2.57. The van der Waals surface area contributed by atoms with Crippen molar-refractivity contribution in [3.05, 3.63) is 33.8 Å². The topological polar surface area (TPSA) is 47.3 Å². The molecule has 0 bridgehead atoms. The van der Waals surface area contributed by atoms with E-state index in [4.69, 9.17) is 33.7 Å². The Balaban J connectivity index is 2.25. The Kier molecular flexibility index (Phi) is 4.65. The normalized spacial score (nSPS) is 25.6. The maximum atomic E-state index is 6.03. The monoisotopic (exact) mass is 274 g/mol. The van der Waals surface area contributed by atoms with Crippen LogP contribution in [0, 0.1) is 5.92 Å². The fourth-order valence-electron chi connectivity index (χ4n) is 2.05. The van der Waals surface area contributed by atoms with Crippen molar-refractivity contribution in [2.24, 2.45) is 11.7 Å². The lowest BCUT2D eigenvalue weighted by molar-refractivity contribution is 0.0332. The third-order valence-electron chi connectivity index (χ3n) is 2.99. The summed E-state index contributed by atoms with van der Waals surface area (Å²) in [6, 6.07) is 5.61. The second-order valence-electron chi connectivity index (χ2n) is 4.16. The van der Waals surface area contributed by atoms with Crippen molar-refractivity contribution in [1.29, 1.82) is 0 Å². The zero-order valence-electron chi connectivity index (χ0n) is 9.46. The number of ether oxygens (including phenoxy) is 1. The van der Waals surface area contributed by atoms with Gasteiger partial charge in [0.2, 0.25) is 0 Å². The highest BCUT2D eigenvalue weighted by Gasteiger charge is 2.25. The van der Waals surface area contributed by atoms with Gasteiger partial charge in [0.05, 0.1) is 22.8 Å². The zero-order valence-corrected chi connectivity index (χ0v) is 11.0. The van der Waals surface area contributed by atoms with Crippen molar-refractivity contribution in [3.63, 3.8) is 0 Å². The maximum Gasteiger partial charge on any atom is 0.0878 e. The van der Waals surface area contributed by atoms with Gasteiger partial charge < -0.3 is 15.8 Å². The standard InChI is InChI=1S/C12H16Cl2N2O/c13-10-2-1-8(5-11(10)14)12-9(6-15)7-16-3-4-17-12/h1-2,5,9,12,16H,3-4,6-7,15H2/t9-,12-/m0/s1. The van der Waals surface area contributed by atoms with Gasteiger partial charge in [-0.2, -0.15) is 0 Å². The number of rotatable bonds is 2. The lowest BCUT2D eigenvalue weighted by Gasteiger charge is -2.24. The Hall–Kier alpha value is -0.320. The number of halogens is 2. The molecule has 0 aromatic heterocycles. The zero-order chi connectivity index (χ0) is 12.3. The van der Waals surface area contributed by atoms with Gasteiger partial charge in [0, 0.05) is 19.0 Å². The molecule has 3 nitrogen and oxygen atoms in total. The lowest BCUT2D eigenvalue weighted by atomic mass is 9.95. The first kappa shape index (κ1) is 13.1. The molecule has 94 valence electrons. The van der Waals surface area contributed by atoms with Crippen molar-refractivity contribution in [2.45, 2.75) is 6.10 Å². The molecule has 0 unspecified atom stereocenters. The largest absolute Gasteiger partial charge is 0.372 e. The summed E-state index contributed by atoms with van der Waals surface area (Å²) in [7, 11) is 0. The summed E-state index contributed by atoms with van der Waals surface area (Å²) in [6.45, 7) is 2.98. The number of nitrogens with one attached hydrogen (secondary N) is 1. The number of benzene rings is 1. The second-order valence-corrected chi connectivity index (χ2v) is 4.98. The minimum Gasteiger partial charge on any atom is -0.372 e. The molecule has 5 heteroatoms. The Morgan fingerprint density at radius 1 is 1.35 bits per heavy atom. The van der Waals surface area contributed by atoms with Gasteiger partial charge in [-0.25, -0.2) is 0 Å². The minimum atomic E-state index is -0.00948. The van der Waals surface area contributed by atoms with Gasteiger partial charge in [-0.3, -0.25) is 0 Å². The van der Waals surface area contributed by atoms with Crippen LogP contribution in [0.5, 0.6) is 0 Å². The Labute approximate surface area is 111 Å². The highest BCUT2D eigenvalue weighted by atomic mass is 35.5. The van der Waals surface area contributed by atoms with E-state index < -0.39 is 0 Å². The van der Waals surface area contributed by atoms with Gasteiger partial charge in [-0.15, -0.1) is 0 Å². The lowest BCUT2D eigenvalue weighted by Crippen LogP contribution is -2.30. The van der Waals surface area contributed by atoms with Crippen molar-refractivity contribution in [1.82, 2.24) is 5.32 Å². The van der Waals surface area contributed by atoms with Crippen LogP contribution in [0.2, 0.25) is 10.0 Å². The third kappa shape index (κ3) is 3.12. The molecule has 2 rings (SSSR count). The number of nitrogens with two attached hydrogens (primary N) is 1. The van der Waals surface area contributed by atoms with Gasteiger partial charge in [-0.05, 0) is 24.2 Å². The second kappa shape index (κ2) is 6.03. The number of hydrogen-bond donors (Lipinski definition) is 2. The summed E-state index contributed by atoms with van der Waals surface area (Å²) < 4.78 is 5.84. The van der Waals surface area contributed by atoms with Crippen LogP contribution >= 0.6 is 23.2 Å². The van der Waals surface area contributed by atoms with Crippen LogP contribution in [0.1, 0.15) is 11.7 Å². The molecule has 17 heavy (non-hydrogen) atoms. The van der Waals surface area contributed by atoms with Crippen LogP contribution in [0.15, 0.2) is 18.2 Å². The van der Waals surface area contributed by atoms with E-state index in [1.54, 1.807) is 6.07 Å². The summed E-state index contributed by atoms with van der Waals surface area (Å²) in [5, 5.41) is 4.43. The molecule has 1 aliphatic heterocycles. The van der Waals surface area contributed by atoms with Crippen LogP contribution in [0.25, 0.3) is 0 Å². The predicted octanol–water partition coefficient (Wildman–Crippen LogP) is 2.23. The Morgan fingerprint density at radius 2 is 2.18 bits per heavy atom. The van der Waals surface area contributed by atoms with E-state index in [0.29, 0.717) is 23.2 Å². The quantitative estimate of drug-likeness (QED) is 0.870. The van der Waals surface area contributed by atoms with Gasteiger partial charge in [0.1, 0.15) is 0 Å². The third-order valence-corrected chi connectivity index (χ3v) is 3.72. The maximum absolute atomic E-state index is 6.03. The highest BCUT2D eigenvalue weighted by Crippen LogP contribution is 2.31. The predicted molar refractivity (Wildman–Crippen MR) is 70.6 cm³/mol. The van der Waals surface area contributed by atoms with E-state index in [-0.39, 0.29) is 12.0 Å². The molecular formula is C12H16Cl2N2O. The fourth-order valence-corrected chi connectivity index (χ4v) is 2.36. The summed E-state index contributed by atoms with van der Waals surface area (Å²) in [5.41, 5.74) is 6.83. The van der Waals surface area contributed by atoms with E-state index in [1.807, 2.05) is 12.1 Å². The molecule has 0 spiro atoms. The first-order valence-corrected chi connectivity index (χ1v) is 6.45. The Bertz CT molecular complexity index is 387. The molecule has 3 N–H and O–H groups in total. The molecule has 0 radical (unpaired) electrons. The van der Waals surface area contributed by atoms with E-state index >= 15 is 0 Å². The van der Waals surface area contributed by atoms with E-state index in [0.717, 1.165) is 18.7 Å². The smallest absolute Gasteiger partial charge is 0.0878 e. The molecule has 2 atom stereocenters. The van der Waals surface area contributed by atoms with Crippen LogP contribution in [0.3, 0.4) is 0 Å². The Morgan fingerprint density at radius 3 is 2.88 bits per heavy atom. The van der Waals surface area contributed by atoms with Gasteiger partial charge in [0.15, 0.2) is 0 Å². The fraction of sp³-hybridized carbons (Fsp3) is 0.500. The summed E-state index contributed by atoms with van der Waals surface area (Å²) >= 11 is 11.9. The summed E-state index contributed by atoms with van der Waals surface area (Å²) in [6.07, 6.45) is -0.00948. The summed E-state index contributed by atoms with van der Waals surface area (Å²) in [5.74, 6) is 0.259. The molecular weight excluding hydrogens is 259 g/mol. The van der Waals surface area contributed by atoms with Gasteiger partial charge >= 0.3 is 0 Å². The SMILES string of the molecule is NC[C@H]1CNCCO[C@H]1c1ccc(Cl)c(Cl)c1. The molecule has 1 aromatic rings. The molecule has 0 amide bonds. The van der Waals surface area contributed by atoms with E-state index in [2.05, 4.69) is 5.32 Å². The molecule has 0 saturated carbocycles. The van der Waals surface area contributed by atoms with Crippen LogP contribution in [0.4, 0.5) is 0 Å². The van der Waals surface area contributed by atoms with Gasteiger partial charge in [-0.1, -0.05) is 29.3 Å².